The third kappa shape index (κ3) is 4.32. The van der Waals surface area contributed by atoms with Gasteiger partial charge in [0.05, 0.1) is 0 Å². The second kappa shape index (κ2) is 8.90. The number of para-hydroxylation sites is 1. The number of halogens is 2. The van der Waals surface area contributed by atoms with Gasteiger partial charge in [-0.05, 0) is 54.7 Å². The van der Waals surface area contributed by atoms with Crippen molar-refractivity contribution in [2.24, 2.45) is 11.7 Å². The number of carboxylic acids is 1. The van der Waals surface area contributed by atoms with Gasteiger partial charge in [-0.25, -0.2) is 0 Å². The number of ether oxygens (including phenoxy) is 1. The molecule has 0 radical (unpaired) electrons. The lowest BCUT2D eigenvalue weighted by Crippen LogP contribution is -2.59. The Morgan fingerprint density at radius 2 is 1.82 bits per heavy atom. The van der Waals surface area contributed by atoms with Gasteiger partial charge in [0, 0.05) is 29.6 Å². The largest absolute Gasteiger partial charge is 0.480 e. The van der Waals surface area contributed by atoms with E-state index < -0.39 is 42.0 Å². The number of alkyl halides is 2. The third-order valence-electron chi connectivity index (χ3n) is 6.64. The number of aliphatic carboxylic acids is 1. The lowest BCUT2D eigenvalue weighted by atomic mass is 9.66. The number of hydrogen-bond acceptors (Lipinski definition) is 6. The van der Waals surface area contributed by atoms with Crippen molar-refractivity contribution in [1.82, 2.24) is 0 Å². The Balaban J connectivity index is 1.62. The number of ketones is 2. The van der Waals surface area contributed by atoms with Crippen molar-refractivity contribution in [1.29, 1.82) is 0 Å². The highest BCUT2D eigenvalue weighted by atomic mass is 19.3. The topological polar surface area (TPSA) is 119 Å². The molecule has 174 valence electrons. The van der Waals surface area contributed by atoms with Crippen LogP contribution in [-0.2, 0) is 9.59 Å². The molecule has 0 amide bonds. The highest BCUT2D eigenvalue weighted by Crippen LogP contribution is 2.50. The van der Waals surface area contributed by atoms with Gasteiger partial charge >= 0.3 is 12.6 Å². The highest BCUT2D eigenvalue weighted by molar-refractivity contribution is 6.44. The Bertz CT molecular complexity index is 1070. The van der Waals surface area contributed by atoms with Crippen LogP contribution in [0.25, 0.3) is 0 Å². The standard InChI is InChI=1S/C24H24F2N2O5/c25-23(26)33-14-10-8-13(9-11-14)21(30)19(29)12-24(27,22(31)32)20-15-4-1-2-6-17(15)28-18-7-3-5-16(18)20/h1-2,4,6,8-11,16,18,20,23,28H,3,5,7,12,27H2,(H,31,32)/t16-,18+,20?,24?/m0/s1. The normalized spacial score (nSPS) is 23.1. The first kappa shape index (κ1) is 22.8. The lowest BCUT2D eigenvalue weighted by Gasteiger charge is -2.44. The fraction of sp³-hybridized carbons (Fsp3) is 0.375. The molecule has 2 unspecified atom stereocenters. The maximum absolute atomic E-state index is 12.9. The van der Waals surface area contributed by atoms with E-state index in [1.807, 2.05) is 12.1 Å². The van der Waals surface area contributed by atoms with E-state index in [1.54, 1.807) is 12.1 Å². The van der Waals surface area contributed by atoms with Crippen LogP contribution >= 0.6 is 0 Å². The number of carboxylic acid groups (broad SMARTS) is 1. The van der Waals surface area contributed by atoms with Gasteiger partial charge in [0.25, 0.3) is 0 Å². The summed E-state index contributed by atoms with van der Waals surface area (Å²) in [6.45, 7) is -3.02. The molecule has 1 heterocycles. The van der Waals surface area contributed by atoms with Gasteiger partial charge < -0.3 is 20.9 Å². The van der Waals surface area contributed by atoms with E-state index in [4.69, 9.17) is 5.73 Å². The van der Waals surface area contributed by atoms with Crippen LogP contribution in [0, 0.1) is 5.92 Å². The minimum absolute atomic E-state index is 0.0420. The minimum Gasteiger partial charge on any atom is -0.480 e. The number of Topliss-reactive ketones (excluding diaryl/α,β-unsaturated/α-hetero) is 2. The molecule has 9 heteroatoms. The van der Waals surface area contributed by atoms with Crippen molar-refractivity contribution in [2.45, 2.75) is 49.8 Å². The lowest BCUT2D eigenvalue weighted by molar-refractivity contribution is -0.146. The van der Waals surface area contributed by atoms with Crippen molar-refractivity contribution in [3.8, 4) is 5.75 Å². The van der Waals surface area contributed by atoms with Crippen LogP contribution in [0.4, 0.5) is 14.5 Å². The Labute approximate surface area is 188 Å². The zero-order valence-corrected chi connectivity index (χ0v) is 17.7. The number of nitrogens with two attached hydrogens (primary N) is 1. The third-order valence-corrected chi connectivity index (χ3v) is 6.64. The first-order chi connectivity index (χ1) is 15.7. The molecule has 1 fully saturated rings. The quantitative estimate of drug-likeness (QED) is 0.409. The van der Waals surface area contributed by atoms with Crippen molar-refractivity contribution >= 4 is 23.2 Å². The van der Waals surface area contributed by atoms with Gasteiger partial charge in [0.2, 0.25) is 11.6 Å². The van der Waals surface area contributed by atoms with Gasteiger partial charge in [-0.1, -0.05) is 24.6 Å². The van der Waals surface area contributed by atoms with Gasteiger partial charge in [0.1, 0.15) is 11.3 Å². The minimum atomic E-state index is -3.02. The molecule has 2 aromatic rings. The molecule has 2 aliphatic rings. The van der Waals surface area contributed by atoms with Crippen LogP contribution in [0.3, 0.4) is 0 Å². The number of fused-ring (bicyclic) bond motifs is 2. The summed E-state index contributed by atoms with van der Waals surface area (Å²) in [5.74, 6) is -4.14. The molecule has 0 saturated heterocycles. The smallest absolute Gasteiger partial charge is 0.387 e. The number of benzene rings is 2. The SMILES string of the molecule is NC(CC(=O)C(=O)c1ccc(OC(F)F)cc1)(C(=O)O)C1c2ccccc2N[C@@H]2CCC[C@H]12. The molecule has 1 aliphatic carbocycles. The predicted octanol–water partition coefficient (Wildman–Crippen LogP) is 3.59. The summed E-state index contributed by atoms with van der Waals surface area (Å²) in [6.07, 6.45) is 1.85. The Morgan fingerprint density at radius 3 is 2.48 bits per heavy atom. The van der Waals surface area contributed by atoms with Crippen LogP contribution in [-0.4, -0.2) is 40.8 Å². The second-order valence-corrected chi connectivity index (χ2v) is 8.59. The molecule has 33 heavy (non-hydrogen) atoms. The average Bonchev–Trinajstić information content (AvgIpc) is 3.24. The molecule has 4 rings (SSSR count). The molecule has 0 bridgehead atoms. The maximum atomic E-state index is 12.9. The van der Waals surface area contributed by atoms with E-state index in [2.05, 4.69) is 10.1 Å². The summed E-state index contributed by atoms with van der Waals surface area (Å²) >= 11 is 0. The molecule has 0 spiro atoms. The maximum Gasteiger partial charge on any atom is 0.387 e. The van der Waals surface area contributed by atoms with Gasteiger partial charge in [-0.3, -0.25) is 14.4 Å². The van der Waals surface area contributed by atoms with Gasteiger partial charge in [-0.15, -0.1) is 0 Å². The number of carbonyl (C=O) groups is 3. The average molecular weight is 458 g/mol. The first-order valence-corrected chi connectivity index (χ1v) is 10.7. The van der Waals surface area contributed by atoms with Crippen molar-refractivity contribution in [3.05, 3.63) is 59.7 Å². The van der Waals surface area contributed by atoms with Gasteiger partial charge in [-0.2, -0.15) is 8.78 Å². The second-order valence-electron chi connectivity index (χ2n) is 8.59. The van der Waals surface area contributed by atoms with E-state index >= 15 is 0 Å². The number of hydrogen-bond donors (Lipinski definition) is 3. The summed E-state index contributed by atoms with van der Waals surface area (Å²) in [7, 11) is 0. The molecule has 2 aromatic carbocycles. The van der Waals surface area contributed by atoms with Crippen LogP contribution in [0.5, 0.6) is 5.75 Å². The van der Waals surface area contributed by atoms with Crippen molar-refractivity contribution in [2.75, 3.05) is 5.32 Å². The van der Waals surface area contributed by atoms with Crippen LogP contribution in [0.15, 0.2) is 48.5 Å². The molecule has 0 aromatic heterocycles. The fourth-order valence-corrected chi connectivity index (χ4v) is 5.17. The van der Waals surface area contributed by atoms with E-state index in [-0.39, 0.29) is 23.3 Å². The monoisotopic (exact) mass is 458 g/mol. The van der Waals surface area contributed by atoms with Crippen LogP contribution in [0.2, 0.25) is 0 Å². The molecular formula is C24H24F2N2O5. The van der Waals surface area contributed by atoms with E-state index in [0.717, 1.165) is 42.6 Å². The Hall–Kier alpha value is -3.33. The molecule has 1 aliphatic heterocycles. The number of nitrogens with one attached hydrogen (secondary N) is 1. The summed E-state index contributed by atoms with van der Waals surface area (Å²) in [4.78, 5) is 38.1. The predicted molar refractivity (Wildman–Crippen MR) is 116 cm³/mol. The number of carbonyl (C=O) groups excluding carboxylic acids is 2. The summed E-state index contributed by atoms with van der Waals surface area (Å²) in [6, 6.07) is 12.0. The number of rotatable bonds is 8. The summed E-state index contributed by atoms with van der Waals surface area (Å²) < 4.78 is 28.9. The van der Waals surface area contributed by atoms with E-state index in [1.165, 1.54) is 12.1 Å². The van der Waals surface area contributed by atoms with Crippen LogP contribution in [0.1, 0.15) is 47.5 Å². The zero-order valence-electron chi connectivity index (χ0n) is 17.7. The highest BCUT2D eigenvalue weighted by Gasteiger charge is 2.53. The molecular weight excluding hydrogens is 434 g/mol. The Morgan fingerprint density at radius 1 is 1.12 bits per heavy atom. The fourth-order valence-electron chi connectivity index (χ4n) is 5.17. The molecule has 7 nitrogen and oxygen atoms in total. The Kier molecular flexibility index (Phi) is 6.16. The van der Waals surface area contributed by atoms with Gasteiger partial charge in [0.15, 0.2) is 0 Å². The van der Waals surface area contributed by atoms with Crippen molar-refractivity contribution < 1.29 is 33.0 Å². The first-order valence-electron chi connectivity index (χ1n) is 10.7. The zero-order chi connectivity index (χ0) is 23.8. The van der Waals surface area contributed by atoms with E-state index in [9.17, 15) is 28.3 Å². The number of anilines is 1. The molecule has 4 atom stereocenters. The van der Waals surface area contributed by atoms with E-state index in [0.29, 0.717) is 0 Å². The van der Waals surface area contributed by atoms with Crippen LogP contribution < -0.4 is 15.8 Å². The summed E-state index contributed by atoms with van der Waals surface area (Å²) in [5, 5.41) is 13.6. The molecule has 4 N–H and O–H groups in total. The molecule has 1 saturated carbocycles. The summed E-state index contributed by atoms with van der Waals surface area (Å²) in [5.41, 5.74) is 5.94. The van der Waals surface area contributed by atoms with Crippen molar-refractivity contribution in [3.63, 3.8) is 0 Å².